The van der Waals surface area contributed by atoms with Gasteiger partial charge in [-0.2, -0.15) is 11.8 Å². The first-order valence-corrected chi connectivity index (χ1v) is 4.75. The molecule has 0 aliphatic heterocycles. The molecular formula is C7H13N3O2S. The van der Waals surface area contributed by atoms with Crippen LogP contribution >= 0.6 is 11.8 Å². The summed E-state index contributed by atoms with van der Waals surface area (Å²) in [5.41, 5.74) is 5.01. The van der Waals surface area contributed by atoms with E-state index in [1.807, 2.05) is 0 Å². The van der Waals surface area contributed by atoms with E-state index >= 15 is 0 Å². The van der Waals surface area contributed by atoms with Crippen molar-refractivity contribution in [2.24, 2.45) is 5.73 Å². The molecule has 0 aromatic rings. The highest BCUT2D eigenvalue weighted by Gasteiger charge is 2.16. The van der Waals surface area contributed by atoms with Crippen LogP contribution in [0.3, 0.4) is 0 Å². The van der Waals surface area contributed by atoms with E-state index in [1.165, 1.54) is 11.8 Å². The molecule has 0 aliphatic carbocycles. The quantitative estimate of drug-likeness (QED) is 0.208. The fourth-order valence-corrected chi connectivity index (χ4v) is 1.40. The summed E-state index contributed by atoms with van der Waals surface area (Å²) in [4.78, 5) is 10.6. The Hall–Kier alpha value is -1.17. The summed E-state index contributed by atoms with van der Waals surface area (Å²) < 4.78 is 0. The molecule has 0 amide bonds. The van der Waals surface area contributed by atoms with Crippen molar-refractivity contribution in [3.05, 3.63) is 12.7 Å². The zero-order chi connectivity index (χ0) is 10.3. The largest absolute Gasteiger partial charge is 0.480 e. The van der Waals surface area contributed by atoms with Crippen molar-refractivity contribution in [3.63, 3.8) is 0 Å². The Kier molecular flexibility index (Phi) is 5.79. The molecule has 13 heavy (non-hydrogen) atoms. The van der Waals surface area contributed by atoms with E-state index in [4.69, 9.17) is 16.2 Å². The molecule has 0 aromatic carbocycles. The molecule has 0 saturated heterocycles. The van der Waals surface area contributed by atoms with Crippen LogP contribution in [0.5, 0.6) is 0 Å². The normalized spacial score (nSPS) is 11.7. The second kappa shape index (κ2) is 6.36. The first-order chi connectivity index (χ1) is 6.07. The van der Waals surface area contributed by atoms with Gasteiger partial charge < -0.3 is 16.2 Å². The number of nitrogens with two attached hydrogens (primary N) is 1. The summed E-state index contributed by atoms with van der Waals surface area (Å²) in [5, 5.41) is 17.9. The summed E-state index contributed by atoms with van der Waals surface area (Å²) in [5.74, 6) is -0.289. The predicted molar refractivity (Wildman–Crippen MR) is 54.0 cm³/mol. The van der Waals surface area contributed by atoms with Gasteiger partial charge in [0.2, 0.25) is 0 Å². The van der Waals surface area contributed by atoms with Crippen LogP contribution in [-0.2, 0) is 4.79 Å². The molecule has 6 heteroatoms. The van der Waals surface area contributed by atoms with E-state index in [1.54, 1.807) is 6.08 Å². The monoisotopic (exact) mass is 203 g/mol. The third-order valence-electron chi connectivity index (χ3n) is 1.15. The molecular weight excluding hydrogens is 190 g/mol. The van der Waals surface area contributed by atoms with Gasteiger partial charge in [0, 0.05) is 11.5 Å². The van der Waals surface area contributed by atoms with Gasteiger partial charge in [-0.1, -0.05) is 6.08 Å². The number of hydrogen-bond acceptors (Lipinski definition) is 3. The number of hydrogen-bond donors (Lipinski definition) is 4. The van der Waals surface area contributed by atoms with Gasteiger partial charge in [-0.05, 0) is 0 Å². The number of guanidine groups is 1. The van der Waals surface area contributed by atoms with E-state index in [0.29, 0.717) is 11.5 Å². The lowest BCUT2D eigenvalue weighted by Gasteiger charge is -2.12. The van der Waals surface area contributed by atoms with Crippen LogP contribution in [0.15, 0.2) is 12.7 Å². The van der Waals surface area contributed by atoms with Gasteiger partial charge in [-0.15, -0.1) is 6.58 Å². The van der Waals surface area contributed by atoms with E-state index < -0.39 is 12.0 Å². The fourth-order valence-electron chi connectivity index (χ4n) is 0.632. The molecule has 5 nitrogen and oxygen atoms in total. The van der Waals surface area contributed by atoms with Gasteiger partial charge >= 0.3 is 5.97 Å². The zero-order valence-corrected chi connectivity index (χ0v) is 7.93. The molecule has 0 rings (SSSR count). The molecule has 0 aliphatic rings. The lowest BCUT2D eigenvalue weighted by atomic mass is 10.3. The molecule has 0 spiro atoms. The Labute approximate surface area is 80.9 Å². The highest BCUT2D eigenvalue weighted by molar-refractivity contribution is 7.99. The van der Waals surface area contributed by atoms with Gasteiger partial charge in [-0.3, -0.25) is 5.41 Å². The topological polar surface area (TPSA) is 99.2 Å². The van der Waals surface area contributed by atoms with Gasteiger partial charge in [0.05, 0.1) is 0 Å². The Morgan fingerprint density at radius 1 is 1.85 bits per heavy atom. The molecule has 0 bridgehead atoms. The smallest absolute Gasteiger partial charge is 0.327 e. The van der Waals surface area contributed by atoms with Crippen molar-refractivity contribution < 1.29 is 9.90 Å². The number of nitrogens with one attached hydrogen (secondary N) is 2. The Morgan fingerprint density at radius 3 is 2.85 bits per heavy atom. The summed E-state index contributed by atoms with van der Waals surface area (Å²) >= 11 is 1.42. The summed E-state index contributed by atoms with van der Waals surface area (Å²) in [6.07, 6.45) is 1.69. The average Bonchev–Trinajstić information content (AvgIpc) is 2.02. The van der Waals surface area contributed by atoms with E-state index in [2.05, 4.69) is 11.9 Å². The van der Waals surface area contributed by atoms with Crippen molar-refractivity contribution in [2.45, 2.75) is 6.04 Å². The Bertz CT molecular complexity index is 208. The van der Waals surface area contributed by atoms with Crippen molar-refractivity contribution in [2.75, 3.05) is 11.5 Å². The highest BCUT2D eigenvalue weighted by atomic mass is 32.2. The second-order valence-electron chi connectivity index (χ2n) is 2.27. The van der Waals surface area contributed by atoms with E-state index in [0.717, 1.165) is 0 Å². The van der Waals surface area contributed by atoms with Gasteiger partial charge in [0.15, 0.2) is 5.96 Å². The standard InChI is InChI=1S/C7H13N3O2S/c1-2-3-13-4-5(6(11)12)10-7(8)9/h2,5H,1,3-4H2,(H,11,12)(H4,8,9,10)/t5-/m0/s1. The van der Waals surface area contributed by atoms with Crippen LogP contribution in [0.4, 0.5) is 0 Å². The molecule has 0 aromatic heterocycles. The zero-order valence-electron chi connectivity index (χ0n) is 7.12. The van der Waals surface area contributed by atoms with Crippen molar-refractivity contribution in [3.8, 4) is 0 Å². The Balaban J connectivity index is 3.87. The molecule has 1 atom stereocenters. The van der Waals surface area contributed by atoms with Gasteiger partial charge in [0.25, 0.3) is 0 Å². The number of rotatable bonds is 6. The van der Waals surface area contributed by atoms with Crippen molar-refractivity contribution >= 4 is 23.7 Å². The lowest BCUT2D eigenvalue weighted by molar-refractivity contribution is -0.138. The molecule has 0 saturated carbocycles. The summed E-state index contributed by atoms with van der Waals surface area (Å²) in [7, 11) is 0. The molecule has 74 valence electrons. The molecule has 5 N–H and O–H groups in total. The number of aliphatic carboxylic acids is 1. The van der Waals surface area contributed by atoms with Crippen LogP contribution in [0, 0.1) is 5.41 Å². The van der Waals surface area contributed by atoms with Crippen LogP contribution in [0.2, 0.25) is 0 Å². The fraction of sp³-hybridized carbons (Fsp3) is 0.429. The van der Waals surface area contributed by atoms with Crippen LogP contribution in [0.1, 0.15) is 0 Å². The maximum absolute atomic E-state index is 10.6. The third kappa shape index (κ3) is 6.03. The number of carbonyl (C=O) groups is 1. The Morgan fingerprint density at radius 2 is 2.46 bits per heavy atom. The predicted octanol–water partition coefficient (Wildman–Crippen LogP) is -0.158. The molecule has 0 unspecified atom stereocenters. The van der Waals surface area contributed by atoms with Crippen LogP contribution in [0.25, 0.3) is 0 Å². The number of carboxylic acids is 1. The van der Waals surface area contributed by atoms with Gasteiger partial charge in [-0.25, -0.2) is 4.79 Å². The number of carboxylic acid groups (broad SMARTS) is 1. The van der Waals surface area contributed by atoms with Crippen LogP contribution in [-0.4, -0.2) is 34.6 Å². The van der Waals surface area contributed by atoms with Crippen molar-refractivity contribution in [1.82, 2.24) is 5.32 Å². The van der Waals surface area contributed by atoms with Crippen LogP contribution < -0.4 is 11.1 Å². The summed E-state index contributed by atoms with van der Waals surface area (Å²) in [6.45, 7) is 3.51. The lowest BCUT2D eigenvalue weighted by Crippen LogP contribution is -2.45. The second-order valence-corrected chi connectivity index (χ2v) is 3.35. The van der Waals surface area contributed by atoms with Crippen molar-refractivity contribution in [1.29, 1.82) is 5.41 Å². The van der Waals surface area contributed by atoms with E-state index in [-0.39, 0.29) is 5.96 Å². The van der Waals surface area contributed by atoms with Gasteiger partial charge in [0.1, 0.15) is 6.04 Å². The average molecular weight is 203 g/mol. The summed E-state index contributed by atoms with van der Waals surface area (Å²) in [6, 6.07) is -0.803. The minimum atomic E-state index is -1.01. The number of thioether (sulfide) groups is 1. The molecule has 0 fully saturated rings. The maximum atomic E-state index is 10.6. The first kappa shape index (κ1) is 11.8. The first-order valence-electron chi connectivity index (χ1n) is 3.60. The third-order valence-corrected chi connectivity index (χ3v) is 2.19. The highest BCUT2D eigenvalue weighted by Crippen LogP contribution is 2.02. The maximum Gasteiger partial charge on any atom is 0.327 e. The minimum Gasteiger partial charge on any atom is -0.480 e. The molecule has 0 radical (unpaired) electrons. The SMILES string of the molecule is C=CCSC[C@H](NC(=N)N)C(=O)O. The minimum absolute atomic E-state index is 0.327. The van der Waals surface area contributed by atoms with E-state index in [9.17, 15) is 4.79 Å². The molecule has 0 heterocycles.